The van der Waals surface area contributed by atoms with Crippen molar-refractivity contribution in [3.05, 3.63) is 18.2 Å². The average Bonchev–Trinajstić information content (AvgIpc) is 2.68. The van der Waals surface area contributed by atoms with E-state index in [2.05, 4.69) is 18.8 Å². The molecule has 1 saturated heterocycles. The van der Waals surface area contributed by atoms with E-state index in [4.69, 9.17) is 15.2 Å². The van der Waals surface area contributed by atoms with Crippen molar-refractivity contribution in [3.63, 3.8) is 0 Å². The van der Waals surface area contributed by atoms with E-state index < -0.39 is 0 Å². The predicted molar refractivity (Wildman–Crippen MR) is 77.7 cm³/mol. The van der Waals surface area contributed by atoms with Crippen LogP contribution in [-0.2, 0) is 4.74 Å². The summed E-state index contributed by atoms with van der Waals surface area (Å²) in [7, 11) is 0. The summed E-state index contributed by atoms with van der Waals surface area (Å²) in [6.45, 7) is 4.18. The second-order valence-corrected chi connectivity index (χ2v) is 6.17. The first-order valence-corrected chi connectivity index (χ1v) is 7.40. The maximum atomic E-state index is 6.01. The standard InChI is InChI=1S/C14H18N2O2S/c1-8-5-11(6-9(2)17-8)18-14-16-12-4-3-10(15)7-13(12)19-14/h3-4,7-9,11H,5-6,15H2,1-2H3. The zero-order chi connectivity index (χ0) is 13.4. The number of nitrogens with zero attached hydrogens (tertiary/aromatic N) is 1. The summed E-state index contributed by atoms with van der Waals surface area (Å²) in [6, 6.07) is 5.74. The third-order valence-corrected chi connectivity index (χ3v) is 4.22. The smallest absolute Gasteiger partial charge is 0.274 e. The molecule has 0 aliphatic carbocycles. The summed E-state index contributed by atoms with van der Waals surface area (Å²) in [5, 5.41) is 0.729. The number of ether oxygens (including phenoxy) is 2. The van der Waals surface area contributed by atoms with Gasteiger partial charge in [-0.05, 0) is 32.0 Å². The number of nitrogen functional groups attached to an aromatic ring is 1. The molecule has 2 atom stereocenters. The van der Waals surface area contributed by atoms with Crippen LogP contribution in [0.1, 0.15) is 26.7 Å². The molecule has 102 valence electrons. The minimum absolute atomic E-state index is 0.191. The van der Waals surface area contributed by atoms with Crippen molar-refractivity contribution < 1.29 is 9.47 Å². The van der Waals surface area contributed by atoms with Gasteiger partial charge in [0.1, 0.15) is 6.10 Å². The van der Waals surface area contributed by atoms with Crippen molar-refractivity contribution in [1.82, 2.24) is 4.98 Å². The lowest BCUT2D eigenvalue weighted by molar-refractivity contribution is -0.0721. The number of anilines is 1. The zero-order valence-electron chi connectivity index (χ0n) is 11.1. The molecule has 2 heterocycles. The van der Waals surface area contributed by atoms with Crippen LogP contribution in [0.4, 0.5) is 5.69 Å². The third-order valence-electron chi connectivity index (χ3n) is 3.31. The molecule has 4 nitrogen and oxygen atoms in total. The van der Waals surface area contributed by atoms with E-state index in [1.807, 2.05) is 18.2 Å². The summed E-state index contributed by atoms with van der Waals surface area (Å²) in [6.07, 6.45) is 2.53. The van der Waals surface area contributed by atoms with Crippen LogP contribution < -0.4 is 10.5 Å². The Morgan fingerprint density at radius 1 is 1.32 bits per heavy atom. The Bertz CT molecular complexity index is 574. The predicted octanol–water partition coefficient (Wildman–Crippen LogP) is 3.21. The molecule has 1 aromatic carbocycles. The van der Waals surface area contributed by atoms with Crippen molar-refractivity contribution >= 4 is 27.2 Å². The second kappa shape index (κ2) is 4.98. The van der Waals surface area contributed by atoms with Gasteiger partial charge >= 0.3 is 0 Å². The van der Waals surface area contributed by atoms with Gasteiger partial charge in [-0.15, -0.1) is 0 Å². The molecule has 19 heavy (non-hydrogen) atoms. The molecular weight excluding hydrogens is 260 g/mol. The fourth-order valence-corrected chi connectivity index (χ4v) is 3.48. The first-order chi connectivity index (χ1) is 9.10. The number of aromatic nitrogens is 1. The van der Waals surface area contributed by atoms with Crippen LogP contribution in [0.25, 0.3) is 10.2 Å². The highest BCUT2D eigenvalue weighted by Gasteiger charge is 2.26. The largest absolute Gasteiger partial charge is 0.466 e. The maximum absolute atomic E-state index is 6.01. The van der Waals surface area contributed by atoms with Gasteiger partial charge < -0.3 is 15.2 Å². The molecular formula is C14H18N2O2S. The summed E-state index contributed by atoms with van der Waals surface area (Å²) in [5.74, 6) is 0. The van der Waals surface area contributed by atoms with Crippen LogP contribution in [0.5, 0.6) is 5.19 Å². The van der Waals surface area contributed by atoms with Gasteiger partial charge in [-0.3, -0.25) is 0 Å². The highest BCUT2D eigenvalue weighted by atomic mass is 32.1. The Kier molecular flexibility index (Phi) is 3.33. The van der Waals surface area contributed by atoms with E-state index in [0.717, 1.165) is 33.9 Å². The summed E-state index contributed by atoms with van der Waals surface area (Å²) >= 11 is 1.55. The fourth-order valence-electron chi connectivity index (χ4n) is 2.55. The number of hydrogen-bond donors (Lipinski definition) is 1. The van der Waals surface area contributed by atoms with Crippen LogP contribution in [0.2, 0.25) is 0 Å². The third kappa shape index (κ3) is 2.82. The van der Waals surface area contributed by atoms with Crippen molar-refractivity contribution in [1.29, 1.82) is 0 Å². The summed E-state index contributed by atoms with van der Waals surface area (Å²) in [4.78, 5) is 4.50. The van der Waals surface area contributed by atoms with Gasteiger partial charge in [-0.1, -0.05) is 11.3 Å². The van der Waals surface area contributed by atoms with E-state index in [-0.39, 0.29) is 18.3 Å². The molecule has 1 aliphatic heterocycles. The van der Waals surface area contributed by atoms with E-state index in [1.165, 1.54) is 0 Å². The van der Waals surface area contributed by atoms with E-state index in [1.54, 1.807) is 11.3 Å². The second-order valence-electron chi connectivity index (χ2n) is 5.18. The van der Waals surface area contributed by atoms with Crippen molar-refractivity contribution in [3.8, 4) is 5.19 Å². The number of benzene rings is 1. The van der Waals surface area contributed by atoms with Gasteiger partial charge in [-0.25, -0.2) is 4.98 Å². The highest BCUT2D eigenvalue weighted by molar-refractivity contribution is 7.20. The molecule has 3 rings (SSSR count). The number of hydrogen-bond acceptors (Lipinski definition) is 5. The number of rotatable bonds is 2. The molecule has 5 heteroatoms. The van der Waals surface area contributed by atoms with Crippen molar-refractivity contribution in [2.45, 2.75) is 45.0 Å². The topological polar surface area (TPSA) is 57.4 Å². The minimum atomic E-state index is 0.191. The van der Waals surface area contributed by atoms with Gasteiger partial charge in [0.25, 0.3) is 5.19 Å². The van der Waals surface area contributed by atoms with Gasteiger partial charge in [0.05, 0.1) is 22.4 Å². The lowest BCUT2D eigenvalue weighted by Gasteiger charge is -2.31. The Morgan fingerprint density at radius 3 is 2.79 bits per heavy atom. The lowest BCUT2D eigenvalue weighted by atomic mass is 10.0. The zero-order valence-corrected chi connectivity index (χ0v) is 11.9. The Hall–Kier alpha value is -1.33. The lowest BCUT2D eigenvalue weighted by Crippen LogP contribution is -2.35. The van der Waals surface area contributed by atoms with Crippen LogP contribution in [0, 0.1) is 0 Å². The van der Waals surface area contributed by atoms with E-state index >= 15 is 0 Å². The SMILES string of the molecule is CC1CC(Oc2nc3ccc(N)cc3s2)CC(C)O1. The molecule has 0 amide bonds. The molecule has 0 radical (unpaired) electrons. The van der Waals surface area contributed by atoms with E-state index in [0.29, 0.717) is 0 Å². The molecule has 0 saturated carbocycles. The monoisotopic (exact) mass is 278 g/mol. The van der Waals surface area contributed by atoms with Gasteiger partial charge in [0.15, 0.2) is 0 Å². The number of thiazole rings is 1. The maximum Gasteiger partial charge on any atom is 0.274 e. The highest BCUT2D eigenvalue weighted by Crippen LogP contribution is 2.32. The average molecular weight is 278 g/mol. The van der Waals surface area contributed by atoms with Crippen LogP contribution >= 0.6 is 11.3 Å². The van der Waals surface area contributed by atoms with Crippen molar-refractivity contribution in [2.24, 2.45) is 0 Å². The van der Waals surface area contributed by atoms with Crippen molar-refractivity contribution in [2.75, 3.05) is 5.73 Å². The molecule has 0 bridgehead atoms. The molecule has 0 spiro atoms. The fraction of sp³-hybridized carbons (Fsp3) is 0.500. The molecule has 2 N–H and O–H groups in total. The Morgan fingerprint density at radius 2 is 2.05 bits per heavy atom. The van der Waals surface area contributed by atoms with Crippen LogP contribution in [0.3, 0.4) is 0 Å². The summed E-state index contributed by atoms with van der Waals surface area (Å²) in [5.41, 5.74) is 7.48. The van der Waals surface area contributed by atoms with Gasteiger partial charge in [-0.2, -0.15) is 0 Å². The molecule has 2 aromatic rings. The first-order valence-electron chi connectivity index (χ1n) is 6.58. The number of nitrogens with two attached hydrogens (primary N) is 1. The summed E-state index contributed by atoms with van der Waals surface area (Å²) < 4.78 is 12.8. The normalized spacial score (nSPS) is 27.6. The molecule has 1 aliphatic rings. The minimum Gasteiger partial charge on any atom is -0.466 e. The van der Waals surface area contributed by atoms with E-state index in [9.17, 15) is 0 Å². The van der Waals surface area contributed by atoms with Crippen LogP contribution in [0.15, 0.2) is 18.2 Å². The Labute approximate surface area is 116 Å². The van der Waals surface area contributed by atoms with Gasteiger partial charge in [0.2, 0.25) is 0 Å². The molecule has 2 unspecified atom stereocenters. The first kappa shape index (κ1) is 12.7. The van der Waals surface area contributed by atoms with Gasteiger partial charge in [0, 0.05) is 18.5 Å². The number of fused-ring (bicyclic) bond motifs is 1. The Balaban J connectivity index is 1.77. The van der Waals surface area contributed by atoms with Crippen LogP contribution in [-0.4, -0.2) is 23.3 Å². The molecule has 1 aromatic heterocycles. The molecule has 1 fully saturated rings. The quantitative estimate of drug-likeness (QED) is 0.857.